The van der Waals surface area contributed by atoms with E-state index in [4.69, 9.17) is 9.84 Å². The maximum absolute atomic E-state index is 12.9. The summed E-state index contributed by atoms with van der Waals surface area (Å²) in [5.41, 5.74) is 4.00. The van der Waals surface area contributed by atoms with E-state index in [1.807, 2.05) is 48.5 Å². The number of fused-ring (bicyclic) bond motifs is 3. The van der Waals surface area contributed by atoms with Gasteiger partial charge in [0.15, 0.2) is 0 Å². The number of halogens is 3. The Morgan fingerprint density at radius 2 is 1.59 bits per heavy atom. The van der Waals surface area contributed by atoms with E-state index in [0.717, 1.165) is 22.3 Å². The molecule has 182 valence electrons. The normalized spacial score (nSPS) is 14.5. The van der Waals surface area contributed by atoms with Crippen molar-refractivity contribution in [1.29, 1.82) is 0 Å². The maximum Gasteiger partial charge on any atom is 0.419 e. The number of benzene rings is 2. The first-order valence-corrected chi connectivity index (χ1v) is 11.7. The zero-order valence-corrected chi connectivity index (χ0v) is 18.9. The Bertz CT molecular complexity index is 1020. The lowest BCUT2D eigenvalue weighted by Gasteiger charge is -2.23. The Balaban J connectivity index is 1.67. The number of hydrogen-bond donors (Lipinski definition) is 3. The fourth-order valence-corrected chi connectivity index (χ4v) is 4.28. The third-order valence-electron chi connectivity index (χ3n) is 5.42. The van der Waals surface area contributed by atoms with Gasteiger partial charge in [-0.2, -0.15) is 24.9 Å². The number of thioether (sulfide) groups is 1. The molecule has 2 amide bonds. The number of nitrogens with one attached hydrogen (secondary N) is 2. The van der Waals surface area contributed by atoms with Crippen LogP contribution in [0.15, 0.2) is 48.5 Å². The van der Waals surface area contributed by atoms with Crippen molar-refractivity contribution in [2.45, 2.75) is 30.6 Å². The van der Waals surface area contributed by atoms with Crippen LogP contribution >= 0.6 is 11.8 Å². The van der Waals surface area contributed by atoms with E-state index in [9.17, 15) is 27.6 Å². The summed E-state index contributed by atoms with van der Waals surface area (Å²) in [7, 11) is 0. The molecule has 0 bridgehead atoms. The molecule has 0 saturated heterocycles. The SMILES string of the molecule is CSCC[C@@H](NC(=O)OCC1c2ccccc2-c2ccccc21)C(=O)NC(C(=O)O)C(F)(F)F. The van der Waals surface area contributed by atoms with Gasteiger partial charge in [-0.15, -0.1) is 0 Å². The van der Waals surface area contributed by atoms with E-state index >= 15 is 0 Å². The van der Waals surface area contributed by atoms with Crippen molar-refractivity contribution in [3.05, 3.63) is 59.7 Å². The number of ether oxygens (including phenoxy) is 1. The van der Waals surface area contributed by atoms with Crippen LogP contribution in [0.2, 0.25) is 0 Å². The minimum absolute atomic E-state index is 0.0125. The van der Waals surface area contributed by atoms with Crippen LogP contribution in [0.25, 0.3) is 11.1 Å². The van der Waals surface area contributed by atoms with Gasteiger partial charge in [0.2, 0.25) is 11.9 Å². The van der Waals surface area contributed by atoms with Crippen molar-refractivity contribution >= 4 is 29.7 Å². The maximum atomic E-state index is 12.9. The highest BCUT2D eigenvalue weighted by Gasteiger charge is 2.47. The third kappa shape index (κ3) is 5.82. The standard InChI is InChI=1S/C23H23F3N2O5S/c1-34-11-10-18(20(29)28-19(21(30)31)23(24,25)26)27-22(32)33-12-17-15-8-4-2-6-13(15)14-7-3-5-9-16(14)17/h2-9,17-19H,10-12H2,1H3,(H,27,32)(H,28,29)(H,30,31)/t18-,19?/m1/s1. The van der Waals surface area contributed by atoms with E-state index < -0.39 is 36.2 Å². The second-order valence-electron chi connectivity index (χ2n) is 7.63. The molecule has 3 N–H and O–H groups in total. The molecule has 0 saturated carbocycles. The van der Waals surface area contributed by atoms with Gasteiger partial charge >= 0.3 is 18.2 Å². The molecular weight excluding hydrogens is 473 g/mol. The summed E-state index contributed by atoms with van der Waals surface area (Å²) < 4.78 is 44.1. The minimum atomic E-state index is -5.19. The summed E-state index contributed by atoms with van der Waals surface area (Å²) in [5, 5.41) is 12.5. The van der Waals surface area contributed by atoms with Crippen LogP contribution in [-0.2, 0) is 14.3 Å². The molecule has 1 aliphatic rings. The summed E-state index contributed by atoms with van der Waals surface area (Å²) in [4.78, 5) is 35.8. The van der Waals surface area contributed by atoms with E-state index in [-0.39, 0.29) is 18.9 Å². The molecular formula is C23H23F3N2O5S. The Morgan fingerprint density at radius 3 is 2.09 bits per heavy atom. The van der Waals surface area contributed by atoms with Gasteiger partial charge in [-0.25, -0.2) is 9.59 Å². The summed E-state index contributed by atoms with van der Waals surface area (Å²) in [6.45, 7) is -0.0446. The molecule has 3 rings (SSSR count). The fourth-order valence-electron chi connectivity index (χ4n) is 3.81. The highest BCUT2D eigenvalue weighted by Crippen LogP contribution is 2.44. The van der Waals surface area contributed by atoms with Crippen molar-refractivity contribution in [3.8, 4) is 11.1 Å². The lowest BCUT2D eigenvalue weighted by molar-refractivity contribution is -0.182. The number of carbonyl (C=O) groups is 3. The minimum Gasteiger partial charge on any atom is -0.479 e. The van der Waals surface area contributed by atoms with Crippen LogP contribution in [0.3, 0.4) is 0 Å². The van der Waals surface area contributed by atoms with Gasteiger partial charge < -0.3 is 20.5 Å². The average molecular weight is 497 g/mol. The molecule has 11 heteroatoms. The van der Waals surface area contributed by atoms with Gasteiger partial charge in [0.1, 0.15) is 12.6 Å². The average Bonchev–Trinajstić information content (AvgIpc) is 3.11. The zero-order chi connectivity index (χ0) is 24.9. The molecule has 0 aliphatic heterocycles. The number of carboxylic acids is 1. The quantitative estimate of drug-likeness (QED) is 0.488. The van der Waals surface area contributed by atoms with Gasteiger partial charge in [-0.05, 0) is 40.7 Å². The lowest BCUT2D eigenvalue weighted by atomic mass is 9.98. The molecule has 1 unspecified atom stereocenters. The van der Waals surface area contributed by atoms with Crippen LogP contribution in [0.1, 0.15) is 23.5 Å². The second kappa shape index (κ2) is 10.8. The third-order valence-corrected chi connectivity index (χ3v) is 6.07. The lowest BCUT2D eigenvalue weighted by Crippen LogP contribution is -2.56. The predicted molar refractivity (Wildman–Crippen MR) is 121 cm³/mol. The largest absolute Gasteiger partial charge is 0.479 e. The van der Waals surface area contributed by atoms with Crippen LogP contribution in [0.5, 0.6) is 0 Å². The van der Waals surface area contributed by atoms with E-state index in [1.54, 1.807) is 6.26 Å². The number of aliphatic carboxylic acids is 1. The highest BCUT2D eigenvalue weighted by molar-refractivity contribution is 7.98. The van der Waals surface area contributed by atoms with Crippen LogP contribution in [0.4, 0.5) is 18.0 Å². The van der Waals surface area contributed by atoms with Crippen molar-refractivity contribution in [3.63, 3.8) is 0 Å². The zero-order valence-electron chi connectivity index (χ0n) is 18.1. The summed E-state index contributed by atoms with van der Waals surface area (Å²) in [6, 6.07) is 10.9. The Hall–Kier alpha value is -3.21. The van der Waals surface area contributed by atoms with Gasteiger partial charge in [0, 0.05) is 5.92 Å². The number of carbonyl (C=O) groups excluding carboxylic acids is 2. The van der Waals surface area contributed by atoms with Crippen molar-refractivity contribution in [2.75, 3.05) is 18.6 Å². The van der Waals surface area contributed by atoms with Gasteiger partial charge in [0.25, 0.3) is 0 Å². The topological polar surface area (TPSA) is 105 Å². The predicted octanol–water partition coefficient (Wildman–Crippen LogP) is 3.78. The molecule has 0 fully saturated rings. The van der Waals surface area contributed by atoms with Crippen LogP contribution in [-0.4, -0.2) is 60.0 Å². The molecule has 0 radical (unpaired) electrons. The molecule has 1 aliphatic carbocycles. The van der Waals surface area contributed by atoms with Gasteiger partial charge in [-0.1, -0.05) is 48.5 Å². The molecule has 7 nitrogen and oxygen atoms in total. The molecule has 0 aromatic heterocycles. The summed E-state index contributed by atoms with van der Waals surface area (Å²) >= 11 is 1.31. The first-order valence-electron chi connectivity index (χ1n) is 10.3. The molecule has 0 spiro atoms. The van der Waals surface area contributed by atoms with E-state index in [1.165, 1.54) is 17.1 Å². The molecule has 34 heavy (non-hydrogen) atoms. The van der Waals surface area contributed by atoms with Gasteiger partial charge in [-0.3, -0.25) is 4.79 Å². The number of hydrogen-bond acceptors (Lipinski definition) is 5. The molecule has 2 aromatic carbocycles. The highest BCUT2D eigenvalue weighted by atomic mass is 32.2. The van der Waals surface area contributed by atoms with E-state index in [0.29, 0.717) is 5.75 Å². The van der Waals surface area contributed by atoms with Crippen molar-refractivity contribution in [2.24, 2.45) is 0 Å². The number of carboxylic acid groups (broad SMARTS) is 1. The Labute approximate surface area is 198 Å². The summed E-state index contributed by atoms with van der Waals surface area (Å²) in [6.07, 6.45) is -4.46. The smallest absolute Gasteiger partial charge is 0.419 e. The number of rotatable bonds is 9. The van der Waals surface area contributed by atoms with E-state index in [2.05, 4.69) is 5.32 Å². The first-order chi connectivity index (χ1) is 16.1. The van der Waals surface area contributed by atoms with Gasteiger partial charge in [0.05, 0.1) is 0 Å². The molecule has 2 aromatic rings. The number of amides is 2. The number of alkyl halides is 3. The van der Waals surface area contributed by atoms with Crippen molar-refractivity contribution < 1.29 is 37.4 Å². The molecule has 0 heterocycles. The number of alkyl carbamates (subject to hydrolysis) is 1. The van der Waals surface area contributed by atoms with Crippen molar-refractivity contribution in [1.82, 2.24) is 10.6 Å². The van der Waals surface area contributed by atoms with Crippen LogP contribution < -0.4 is 10.6 Å². The van der Waals surface area contributed by atoms with Crippen LogP contribution in [0, 0.1) is 0 Å². The monoisotopic (exact) mass is 496 g/mol. The molecule has 2 atom stereocenters. The Kier molecular flexibility index (Phi) is 8.08. The Morgan fingerprint density at radius 1 is 1.03 bits per heavy atom. The first kappa shape index (κ1) is 25.4. The second-order valence-corrected chi connectivity index (χ2v) is 8.61. The summed E-state index contributed by atoms with van der Waals surface area (Å²) in [5.74, 6) is -3.40. The fraction of sp³-hybridized carbons (Fsp3) is 0.348.